The summed E-state index contributed by atoms with van der Waals surface area (Å²) in [5.41, 5.74) is 8.11. The Morgan fingerprint density at radius 3 is 2.58 bits per heavy atom. The van der Waals surface area contributed by atoms with Crippen molar-refractivity contribution < 1.29 is 0 Å². The van der Waals surface area contributed by atoms with Crippen molar-refractivity contribution in [2.24, 2.45) is 5.73 Å². The van der Waals surface area contributed by atoms with Crippen LogP contribution in [0.25, 0.3) is 0 Å². The van der Waals surface area contributed by atoms with Crippen LogP contribution in [0.1, 0.15) is 24.0 Å². The fourth-order valence-electron chi connectivity index (χ4n) is 2.85. The Kier molecular flexibility index (Phi) is 4.77. The van der Waals surface area contributed by atoms with Gasteiger partial charge in [0.05, 0.1) is 0 Å². The SMILES string of the molecule is Cc1cc(CCN)cnc1N1CCC(N(C)C)CC1. The molecule has 19 heavy (non-hydrogen) atoms. The third kappa shape index (κ3) is 3.45. The Labute approximate surface area is 116 Å². The first kappa shape index (κ1) is 14.3. The number of piperidine rings is 1. The average molecular weight is 262 g/mol. The largest absolute Gasteiger partial charge is 0.356 e. The highest BCUT2D eigenvalue weighted by Crippen LogP contribution is 2.23. The minimum absolute atomic E-state index is 0.689. The molecule has 0 saturated carbocycles. The third-order valence-corrected chi connectivity index (χ3v) is 4.03. The van der Waals surface area contributed by atoms with E-state index in [1.807, 2.05) is 6.20 Å². The van der Waals surface area contributed by atoms with Crippen molar-refractivity contribution >= 4 is 5.82 Å². The van der Waals surface area contributed by atoms with Crippen LogP contribution in [0.4, 0.5) is 5.82 Å². The summed E-state index contributed by atoms with van der Waals surface area (Å²) >= 11 is 0. The van der Waals surface area contributed by atoms with Crippen molar-refractivity contribution in [3.05, 3.63) is 23.4 Å². The number of hydrogen-bond donors (Lipinski definition) is 1. The van der Waals surface area contributed by atoms with E-state index in [0.717, 1.165) is 25.3 Å². The molecule has 1 aromatic heterocycles. The molecule has 0 atom stereocenters. The second kappa shape index (κ2) is 6.35. The van der Waals surface area contributed by atoms with Gasteiger partial charge in [-0.3, -0.25) is 0 Å². The molecule has 0 aromatic carbocycles. The molecule has 4 nitrogen and oxygen atoms in total. The van der Waals surface area contributed by atoms with Gasteiger partial charge in [0.15, 0.2) is 0 Å². The zero-order valence-corrected chi connectivity index (χ0v) is 12.4. The summed E-state index contributed by atoms with van der Waals surface area (Å²) in [5.74, 6) is 1.15. The molecule has 0 unspecified atom stereocenters. The standard InChI is InChI=1S/C15H26N4/c1-12-10-13(4-7-16)11-17-15(12)19-8-5-14(6-9-19)18(2)3/h10-11,14H,4-9,16H2,1-3H3. The van der Waals surface area contributed by atoms with Gasteiger partial charge < -0.3 is 15.5 Å². The van der Waals surface area contributed by atoms with E-state index in [1.165, 1.54) is 24.0 Å². The van der Waals surface area contributed by atoms with Gasteiger partial charge in [0.25, 0.3) is 0 Å². The van der Waals surface area contributed by atoms with Crippen molar-refractivity contribution in [1.82, 2.24) is 9.88 Å². The molecule has 1 aliphatic heterocycles. The van der Waals surface area contributed by atoms with E-state index in [-0.39, 0.29) is 0 Å². The fourth-order valence-corrected chi connectivity index (χ4v) is 2.85. The molecule has 0 spiro atoms. The molecule has 2 rings (SSSR count). The number of anilines is 1. The average Bonchev–Trinajstić information content (AvgIpc) is 2.39. The van der Waals surface area contributed by atoms with Crippen LogP contribution >= 0.6 is 0 Å². The van der Waals surface area contributed by atoms with Crippen LogP contribution in [0.2, 0.25) is 0 Å². The summed E-state index contributed by atoms with van der Waals surface area (Å²) in [5, 5.41) is 0. The van der Waals surface area contributed by atoms with Crippen molar-refractivity contribution in [3.8, 4) is 0 Å². The lowest BCUT2D eigenvalue weighted by Crippen LogP contribution is -2.42. The predicted octanol–water partition coefficient (Wildman–Crippen LogP) is 1.42. The summed E-state index contributed by atoms with van der Waals surface area (Å²) in [4.78, 5) is 9.40. The van der Waals surface area contributed by atoms with E-state index < -0.39 is 0 Å². The van der Waals surface area contributed by atoms with Crippen LogP contribution in [0.5, 0.6) is 0 Å². The number of nitrogens with two attached hydrogens (primary N) is 1. The molecule has 1 fully saturated rings. The van der Waals surface area contributed by atoms with E-state index in [2.05, 4.69) is 41.9 Å². The molecule has 4 heteroatoms. The normalized spacial score (nSPS) is 17.2. The minimum Gasteiger partial charge on any atom is -0.356 e. The van der Waals surface area contributed by atoms with E-state index in [4.69, 9.17) is 5.73 Å². The molecule has 2 heterocycles. The van der Waals surface area contributed by atoms with Crippen molar-refractivity contribution in [1.29, 1.82) is 0 Å². The lowest BCUT2D eigenvalue weighted by atomic mass is 10.0. The van der Waals surface area contributed by atoms with Gasteiger partial charge >= 0.3 is 0 Å². The smallest absolute Gasteiger partial charge is 0.131 e. The summed E-state index contributed by atoms with van der Waals surface area (Å²) in [6, 6.07) is 2.95. The maximum absolute atomic E-state index is 5.59. The topological polar surface area (TPSA) is 45.4 Å². The highest BCUT2D eigenvalue weighted by atomic mass is 15.2. The molecular formula is C15H26N4. The van der Waals surface area contributed by atoms with Gasteiger partial charge in [0, 0.05) is 25.3 Å². The van der Waals surface area contributed by atoms with Gasteiger partial charge in [-0.1, -0.05) is 6.07 Å². The Hall–Kier alpha value is -1.13. The first-order valence-electron chi connectivity index (χ1n) is 7.18. The van der Waals surface area contributed by atoms with Crippen LogP contribution in [-0.4, -0.2) is 49.7 Å². The Morgan fingerprint density at radius 1 is 1.37 bits per heavy atom. The zero-order chi connectivity index (χ0) is 13.8. The second-order valence-corrected chi connectivity index (χ2v) is 5.70. The van der Waals surface area contributed by atoms with Crippen LogP contribution in [-0.2, 0) is 6.42 Å². The summed E-state index contributed by atoms with van der Waals surface area (Å²) in [6.45, 7) is 5.05. The van der Waals surface area contributed by atoms with E-state index in [0.29, 0.717) is 12.6 Å². The van der Waals surface area contributed by atoms with Gasteiger partial charge in [-0.2, -0.15) is 0 Å². The molecular weight excluding hydrogens is 236 g/mol. The number of pyridine rings is 1. The molecule has 1 aromatic rings. The molecule has 106 valence electrons. The summed E-state index contributed by atoms with van der Waals surface area (Å²) < 4.78 is 0. The number of rotatable bonds is 4. The number of nitrogens with zero attached hydrogens (tertiary/aromatic N) is 3. The van der Waals surface area contributed by atoms with Gasteiger partial charge in [-0.25, -0.2) is 4.98 Å². The maximum atomic E-state index is 5.59. The highest BCUT2D eigenvalue weighted by molar-refractivity contribution is 5.47. The van der Waals surface area contributed by atoms with Crippen molar-refractivity contribution in [2.75, 3.05) is 38.6 Å². The monoisotopic (exact) mass is 262 g/mol. The molecule has 1 aliphatic rings. The first-order chi connectivity index (χ1) is 9.11. The zero-order valence-electron chi connectivity index (χ0n) is 12.4. The fraction of sp³-hybridized carbons (Fsp3) is 0.667. The molecule has 1 saturated heterocycles. The van der Waals surface area contributed by atoms with E-state index in [9.17, 15) is 0 Å². The lowest BCUT2D eigenvalue weighted by molar-refractivity contribution is 0.249. The second-order valence-electron chi connectivity index (χ2n) is 5.70. The van der Waals surface area contributed by atoms with Crippen molar-refractivity contribution in [3.63, 3.8) is 0 Å². The van der Waals surface area contributed by atoms with Gasteiger partial charge in [-0.15, -0.1) is 0 Å². The van der Waals surface area contributed by atoms with Crippen LogP contribution in [0.3, 0.4) is 0 Å². The van der Waals surface area contributed by atoms with Crippen molar-refractivity contribution in [2.45, 2.75) is 32.2 Å². The number of hydrogen-bond acceptors (Lipinski definition) is 4. The minimum atomic E-state index is 0.689. The van der Waals surface area contributed by atoms with Gasteiger partial charge in [-0.05, 0) is 58.0 Å². The lowest BCUT2D eigenvalue weighted by Gasteiger charge is -2.36. The molecule has 0 bridgehead atoms. The van der Waals surface area contributed by atoms with Gasteiger partial charge in [0.2, 0.25) is 0 Å². The van der Waals surface area contributed by atoms with Gasteiger partial charge in [0.1, 0.15) is 5.82 Å². The Morgan fingerprint density at radius 2 is 2.05 bits per heavy atom. The molecule has 0 radical (unpaired) electrons. The molecule has 0 aliphatic carbocycles. The summed E-state index contributed by atoms with van der Waals surface area (Å²) in [6.07, 6.45) is 5.33. The Balaban J connectivity index is 2.03. The van der Waals surface area contributed by atoms with E-state index in [1.54, 1.807) is 0 Å². The Bertz CT molecular complexity index is 409. The first-order valence-corrected chi connectivity index (χ1v) is 7.18. The molecule has 2 N–H and O–H groups in total. The van der Waals surface area contributed by atoms with Crippen LogP contribution in [0, 0.1) is 6.92 Å². The molecule has 0 amide bonds. The van der Waals surface area contributed by atoms with Crippen LogP contribution < -0.4 is 10.6 Å². The summed E-state index contributed by atoms with van der Waals surface area (Å²) in [7, 11) is 4.34. The predicted molar refractivity (Wildman–Crippen MR) is 80.7 cm³/mol. The quantitative estimate of drug-likeness (QED) is 0.891. The van der Waals surface area contributed by atoms with E-state index >= 15 is 0 Å². The number of aromatic nitrogens is 1. The number of aryl methyl sites for hydroxylation is 1. The van der Waals surface area contributed by atoms with Crippen LogP contribution in [0.15, 0.2) is 12.3 Å². The maximum Gasteiger partial charge on any atom is 0.131 e. The highest BCUT2D eigenvalue weighted by Gasteiger charge is 2.22. The third-order valence-electron chi connectivity index (χ3n) is 4.03.